The first-order valence-corrected chi connectivity index (χ1v) is 8.37. The number of hydrogen-bond acceptors (Lipinski definition) is 7. The van der Waals surface area contributed by atoms with Crippen LogP contribution in [-0.4, -0.2) is 64.5 Å². The number of aliphatic carboxylic acids is 2. The van der Waals surface area contributed by atoms with Crippen LogP contribution in [0.1, 0.15) is 38.5 Å². The van der Waals surface area contributed by atoms with Gasteiger partial charge in [-0.25, -0.2) is 4.79 Å². The fourth-order valence-electron chi connectivity index (χ4n) is 2.11. The molecule has 0 aromatic carbocycles. The first-order valence-electron chi connectivity index (χ1n) is 8.37. The number of carboxylic acids is 2. The summed E-state index contributed by atoms with van der Waals surface area (Å²) in [5, 5.41) is 22.5. The molecule has 0 bridgehead atoms. The van der Waals surface area contributed by atoms with Crippen molar-refractivity contribution in [3.8, 4) is 0 Å². The highest BCUT2D eigenvalue weighted by Crippen LogP contribution is 2.04. The predicted octanol–water partition coefficient (Wildman–Crippen LogP) is -2.76. The Kier molecular flexibility index (Phi) is 11.3. The average Bonchev–Trinajstić information content (AvgIpc) is 2.57. The molecule has 0 radical (unpaired) electrons. The van der Waals surface area contributed by atoms with E-state index in [-0.39, 0.29) is 19.3 Å². The Morgan fingerprint density at radius 3 is 1.96 bits per heavy atom. The van der Waals surface area contributed by atoms with Crippen molar-refractivity contribution < 1.29 is 34.2 Å². The molecule has 0 aliphatic heterocycles. The van der Waals surface area contributed by atoms with E-state index < -0.39 is 54.2 Å². The first-order chi connectivity index (χ1) is 12.6. The number of carboxylic acid groups (broad SMARTS) is 2. The van der Waals surface area contributed by atoms with E-state index in [1.54, 1.807) is 0 Å². The lowest BCUT2D eigenvalue weighted by Gasteiger charge is -2.21. The zero-order valence-corrected chi connectivity index (χ0v) is 14.8. The second-order valence-corrected chi connectivity index (χ2v) is 5.95. The van der Waals surface area contributed by atoms with Crippen LogP contribution in [0.25, 0.3) is 0 Å². The van der Waals surface area contributed by atoms with Gasteiger partial charge in [-0.3, -0.25) is 19.2 Å². The molecule has 0 saturated heterocycles. The number of carbonyl (C=O) groups is 5. The van der Waals surface area contributed by atoms with E-state index in [1.807, 2.05) is 0 Å². The Bertz CT molecular complexity index is 555. The highest BCUT2D eigenvalue weighted by molar-refractivity contribution is 5.94. The standard InChI is InChI=1S/C15H27N5O7/c16-6-2-1-3-9(15(26)27)19-14(25)10(7-12(22)23)20-13(24)8(17)4-5-11(18)21/h8-10H,1-7,16-17H2,(H2,18,21)(H,19,25)(H,20,24)(H,22,23)(H,26,27). The molecule has 0 aromatic rings. The minimum absolute atomic E-state index is 0.0839. The van der Waals surface area contributed by atoms with E-state index in [1.165, 1.54) is 0 Å². The molecule has 0 aliphatic rings. The van der Waals surface area contributed by atoms with Gasteiger partial charge in [-0.2, -0.15) is 0 Å². The van der Waals surface area contributed by atoms with Crippen molar-refractivity contribution in [1.29, 1.82) is 0 Å². The highest BCUT2D eigenvalue weighted by Gasteiger charge is 2.29. The Hall–Kier alpha value is -2.73. The molecule has 0 aromatic heterocycles. The summed E-state index contributed by atoms with van der Waals surface area (Å²) < 4.78 is 0. The second-order valence-electron chi connectivity index (χ2n) is 5.95. The number of carbonyl (C=O) groups excluding carboxylic acids is 3. The van der Waals surface area contributed by atoms with Gasteiger partial charge < -0.3 is 38.0 Å². The van der Waals surface area contributed by atoms with Crippen LogP contribution in [-0.2, 0) is 24.0 Å². The Morgan fingerprint density at radius 1 is 0.889 bits per heavy atom. The van der Waals surface area contributed by atoms with Crippen LogP contribution in [0, 0.1) is 0 Å². The Morgan fingerprint density at radius 2 is 1.48 bits per heavy atom. The predicted molar refractivity (Wildman–Crippen MR) is 93.1 cm³/mol. The summed E-state index contributed by atoms with van der Waals surface area (Å²) in [4.78, 5) is 57.2. The molecule has 0 rings (SSSR count). The van der Waals surface area contributed by atoms with Gasteiger partial charge in [-0.05, 0) is 32.2 Å². The van der Waals surface area contributed by atoms with Crippen LogP contribution in [0.15, 0.2) is 0 Å². The lowest BCUT2D eigenvalue weighted by Crippen LogP contribution is -2.55. The van der Waals surface area contributed by atoms with Crippen LogP contribution in [0.5, 0.6) is 0 Å². The molecule has 3 unspecified atom stereocenters. The van der Waals surface area contributed by atoms with Crippen molar-refractivity contribution in [3.05, 3.63) is 0 Å². The fraction of sp³-hybridized carbons (Fsp3) is 0.667. The second kappa shape index (κ2) is 12.6. The molecule has 3 atom stereocenters. The minimum Gasteiger partial charge on any atom is -0.481 e. The zero-order chi connectivity index (χ0) is 21.0. The number of nitrogens with two attached hydrogens (primary N) is 3. The van der Waals surface area contributed by atoms with Crippen LogP contribution in [0.4, 0.5) is 0 Å². The number of amides is 3. The van der Waals surface area contributed by atoms with Crippen LogP contribution < -0.4 is 27.8 Å². The van der Waals surface area contributed by atoms with Crippen molar-refractivity contribution in [3.63, 3.8) is 0 Å². The maximum Gasteiger partial charge on any atom is 0.326 e. The van der Waals surface area contributed by atoms with Gasteiger partial charge in [-0.1, -0.05) is 0 Å². The molecule has 3 amide bonds. The number of primary amides is 1. The van der Waals surface area contributed by atoms with E-state index in [4.69, 9.17) is 27.4 Å². The highest BCUT2D eigenvalue weighted by atomic mass is 16.4. The van der Waals surface area contributed by atoms with Gasteiger partial charge in [0.25, 0.3) is 0 Å². The molecule has 12 heteroatoms. The van der Waals surface area contributed by atoms with E-state index >= 15 is 0 Å². The summed E-state index contributed by atoms with van der Waals surface area (Å²) >= 11 is 0. The van der Waals surface area contributed by atoms with Gasteiger partial charge in [-0.15, -0.1) is 0 Å². The number of nitrogens with one attached hydrogen (secondary N) is 2. The first kappa shape index (κ1) is 24.3. The summed E-state index contributed by atoms with van der Waals surface area (Å²) in [5.74, 6) is -5.16. The summed E-state index contributed by atoms with van der Waals surface area (Å²) in [6, 6.07) is -3.95. The monoisotopic (exact) mass is 389 g/mol. The van der Waals surface area contributed by atoms with Gasteiger partial charge in [0.1, 0.15) is 12.1 Å². The van der Waals surface area contributed by atoms with E-state index in [2.05, 4.69) is 10.6 Å². The molecular weight excluding hydrogens is 362 g/mol. The third kappa shape index (κ3) is 10.8. The van der Waals surface area contributed by atoms with Gasteiger partial charge in [0, 0.05) is 6.42 Å². The molecule has 0 fully saturated rings. The maximum atomic E-state index is 12.3. The van der Waals surface area contributed by atoms with E-state index in [9.17, 15) is 24.0 Å². The van der Waals surface area contributed by atoms with E-state index in [0.717, 1.165) is 0 Å². The topological polar surface area (TPSA) is 228 Å². The molecule has 10 N–H and O–H groups in total. The largest absolute Gasteiger partial charge is 0.481 e. The fourth-order valence-corrected chi connectivity index (χ4v) is 2.11. The summed E-state index contributed by atoms with van der Waals surface area (Å²) in [6.07, 6.45) is 0.0940. The summed E-state index contributed by atoms with van der Waals surface area (Å²) in [7, 11) is 0. The third-order valence-electron chi connectivity index (χ3n) is 3.61. The maximum absolute atomic E-state index is 12.3. The molecule has 27 heavy (non-hydrogen) atoms. The lowest BCUT2D eigenvalue weighted by atomic mass is 10.1. The SMILES string of the molecule is NCCCCC(NC(=O)C(CC(=O)O)NC(=O)C(N)CCC(N)=O)C(=O)O. The summed E-state index contributed by atoms with van der Waals surface area (Å²) in [6.45, 7) is 0.362. The Labute approximate surface area is 155 Å². The van der Waals surface area contributed by atoms with Crippen molar-refractivity contribution >= 4 is 29.7 Å². The molecule has 12 nitrogen and oxygen atoms in total. The number of rotatable bonds is 14. The van der Waals surface area contributed by atoms with Crippen LogP contribution in [0.3, 0.4) is 0 Å². The molecule has 0 heterocycles. The number of hydrogen-bond donors (Lipinski definition) is 7. The third-order valence-corrected chi connectivity index (χ3v) is 3.61. The molecule has 0 spiro atoms. The average molecular weight is 389 g/mol. The van der Waals surface area contributed by atoms with E-state index in [0.29, 0.717) is 19.4 Å². The zero-order valence-electron chi connectivity index (χ0n) is 14.8. The van der Waals surface area contributed by atoms with Crippen molar-refractivity contribution in [1.82, 2.24) is 10.6 Å². The smallest absolute Gasteiger partial charge is 0.326 e. The Balaban J connectivity index is 4.96. The minimum atomic E-state index is -1.52. The van der Waals surface area contributed by atoms with Gasteiger partial charge in [0.2, 0.25) is 17.7 Å². The van der Waals surface area contributed by atoms with Gasteiger partial charge in [0.05, 0.1) is 12.5 Å². The molecule has 0 aliphatic carbocycles. The quantitative estimate of drug-likeness (QED) is 0.152. The van der Waals surface area contributed by atoms with Gasteiger partial charge >= 0.3 is 11.9 Å². The van der Waals surface area contributed by atoms with Crippen LogP contribution in [0.2, 0.25) is 0 Å². The van der Waals surface area contributed by atoms with Crippen molar-refractivity contribution in [2.75, 3.05) is 6.54 Å². The van der Waals surface area contributed by atoms with Crippen molar-refractivity contribution in [2.24, 2.45) is 17.2 Å². The summed E-state index contributed by atoms with van der Waals surface area (Å²) in [5.41, 5.74) is 15.9. The molecular formula is C15H27N5O7. The lowest BCUT2D eigenvalue weighted by molar-refractivity contribution is -0.143. The van der Waals surface area contributed by atoms with Crippen molar-refractivity contribution in [2.45, 2.75) is 56.7 Å². The molecule has 0 saturated carbocycles. The van der Waals surface area contributed by atoms with Crippen LogP contribution >= 0.6 is 0 Å². The normalized spacial score (nSPS) is 13.9. The number of unbranched alkanes of at least 4 members (excludes halogenated alkanes) is 1. The van der Waals surface area contributed by atoms with Gasteiger partial charge in [0.15, 0.2) is 0 Å². The molecule has 154 valence electrons.